The van der Waals surface area contributed by atoms with Crippen LogP contribution in [0.2, 0.25) is 0 Å². The van der Waals surface area contributed by atoms with Crippen molar-refractivity contribution in [3.05, 3.63) is 29.8 Å². The van der Waals surface area contributed by atoms with E-state index in [9.17, 15) is 13.2 Å². The van der Waals surface area contributed by atoms with Crippen LogP contribution < -0.4 is 5.73 Å². The molecule has 0 aromatic heterocycles. The molecule has 0 aliphatic heterocycles. The van der Waals surface area contributed by atoms with E-state index in [0.29, 0.717) is 0 Å². The molecule has 0 atom stereocenters. The summed E-state index contributed by atoms with van der Waals surface area (Å²) in [5.41, 5.74) is 6.14. The highest BCUT2D eigenvalue weighted by Gasteiger charge is 2.25. The molecule has 5 nitrogen and oxygen atoms in total. The SMILES string of the molecule is CC(=O)N(CCN)S(=O)(=O)c1cccc(C)c1. The molecular weight excluding hydrogens is 240 g/mol. The fourth-order valence-electron chi connectivity index (χ4n) is 1.47. The van der Waals surface area contributed by atoms with Gasteiger partial charge in [-0.1, -0.05) is 12.1 Å². The number of benzene rings is 1. The van der Waals surface area contributed by atoms with E-state index in [-0.39, 0.29) is 18.0 Å². The van der Waals surface area contributed by atoms with Crippen LogP contribution in [-0.2, 0) is 14.8 Å². The van der Waals surface area contributed by atoms with E-state index in [1.165, 1.54) is 19.1 Å². The Balaban J connectivity index is 3.21. The smallest absolute Gasteiger partial charge is 0.266 e. The monoisotopic (exact) mass is 256 g/mol. The van der Waals surface area contributed by atoms with Crippen molar-refractivity contribution in [1.82, 2.24) is 4.31 Å². The van der Waals surface area contributed by atoms with Crippen LogP contribution in [0.4, 0.5) is 0 Å². The summed E-state index contributed by atoms with van der Waals surface area (Å²) in [6.07, 6.45) is 0. The topological polar surface area (TPSA) is 80.5 Å². The molecule has 6 heteroatoms. The van der Waals surface area contributed by atoms with Gasteiger partial charge in [0.05, 0.1) is 4.90 Å². The number of nitrogens with two attached hydrogens (primary N) is 1. The van der Waals surface area contributed by atoms with Crippen molar-refractivity contribution < 1.29 is 13.2 Å². The summed E-state index contributed by atoms with van der Waals surface area (Å²) in [5, 5.41) is 0. The minimum atomic E-state index is -3.78. The molecule has 0 aliphatic rings. The van der Waals surface area contributed by atoms with E-state index in [2.05, 4.69) is 0 Å². The lowest BCUT2D eigenvalue weighted by Gasteiger charge is -2.20. The predicted molar refractivity (Wildman–Crippen MR) is 64.8 cm³/mol. The van der Waals surface area contributed by atoms with Crippen molar-refractivity contribution in [1.29, 1.82) is 0 Å². The van der Waals surface area contributed by atoms with Crippen molar-refractivity contribution in [2.75, 3.05) is 13.1 Å². The van der Waals surface area contributed by atoms with Crippen LogP contribution in [0.3, 0.4) is 0 Å². The molecule has 0 saturated heterocycles. The van der Waals surface area contributed by atoms with Crippen molar-refractivity contribution >= 4 is 15.9 Å². The van der Waals surface area contributed by atoms with Gasteiger partial charge in [-0.3, -0.25) is 4.79 Å². The molecule has 0 fully saturated rings. The summed E-state index contributed by atoms with van der Waals surface area (Å²) in [5.74, 6) is -0.531. The van der Waals surface area contributed by atoms with Gasteiger partial charge in [-0.05, 0) is 24.6 Å². The molecule has 0 radical (unpaired) electrons. The normalized spacial score (nSPS) is 11.2. The minimum absolute atomic E-state index is 0.00832. The molecular formula is C11H16N2O3S. The summed E-state index contributed by atoms with van der Waals surface area (Å²) in [6.45, 7) is 3.10. The lowest BCUT2D eigenvalue weighted by molar-refractivity contribution is -0.124. The van der Waals surface area contributed by atoms with Crippen LogP contribution in [-0.4, -0.2) is 31.7 Å². The third-order valence-corrected chi connectivity index (χ3v) is 4.13. The summed E-state index contributed by atoms with van der Waals surface area (Å²) >= 11 is 0. The van der Waals surface area contributed by atoms with Gasteiger partial charge >= 0.3 is 0 Å². The Hall–Kier alpha value is -1.40. The van der Waals surface area contributed by atoms with Gasteiger partial charge in [-0.15, -0.1) is 0 Å². The van der Waals surface area contributed by atoms with E-state index in [4.69, 9.17) is 5.73 Å². The van der Waals surface area contributed by atoms with Crippen molar-refractivity contribution in [2.24, 2.45) is 5.73 Å². The van der Waals surface area contributed by atoms with E-state index in [1.807, 2.05) is 0 Å². The first-order chi connectivity index (χ1) is 7.89. The minimum Gasteiger partial charge on any atom is -0.329 e. The molecule has 1 rings (SSSR count). The number of hydrogen-bond acceptors (Lipinski definition) is 4. The van der Waals surface area contributed by atoms with E-state index in [1.54, 1.807) is 19.1 Å². The Morgan fingerprint density at radius 1 is 1.41 bits per heavy atom. The van der Waals surface area contributed by atoms with Crippen LogP contribution in [0.25, 0.3) is 0 Å². The molecule has 2 N–H and O–H groups in total. The zero-order valence-electron chi connectivity index (χ0n) is 9.88. The lowest BCUT2D eigenvalue weighted by Crippen LogP contribution is -2.38. The quantitative estimate of drug-likeness (QED) is 0.850. The van der Waals surface area contributed by atoms with Crippen LogP contribution >= 0.6 is 0 Å². The first kappa shape index (κ1) is 13.7. The Labute approximate surface area is 101 Å². The maximum Gasteiger partial charge on any atom is 0.266 e. The predicted octanol–water partition coefficient (Wildman–Crippen LogP) is 0.491. The zero-order valence-corrected chi connectivity index (χ0v) is 10.7. The molecule has 0 saturated carbocycles. The van der Waals surface area contributed by atoms with Gasteiger partial charge in [-0.25, -0.2) is 12.7 Å². The molecule has 0 spiro atoms. The maximum atomic E-state index is 12.2. The highest BCUT2D eigenvalue weighted by atomic mass is 32.2. The second kappa shape index (κ2) is 5.29. The van der Waals surface area contributed by atoms with Gasteiger partial charge < -0.3 is 5.73 Å². The Morgan fingerprint density at radius 2 is 2.06 bits per heavy atom. The maximum absolute atomic E-state index is 12.2. The van der Waals surface area contributed by atoms with Crippen LogP contribution in [0.15, 0.2) is 29.2 Å². The Kier molecular flexibility index (Phi) is 4.25. The first-order valence-electron chi connectivity index (χ1n) is 5.19. The number of sulfonamides is 1. The zero-order chi connectivity index (χ0) is 13.1. The van der Waals surface area contributed by atoms with Crippen molar-refractivity contribution in [3.8, 4) is 0 Å². The molecule has 0 aliphatic carbocycles. The third-order valence-electron chi connectivity index (χ3n) is 2.26. The number of hydrogen-bond donors (Lipinski definition) is 1. The lowest BCUT2D eigenvalue weighted by atomic mass is 10.2. The second-order valence-electron chi connectivity index (χ2n) is 3.70. The number of amides is 1. The third kappa shape index (κ3) is 3.04. The Bertz CT molecular complexity index is 511. The number of nitrogens with zero attached hydrogens (tertiary/aromatic N) is 1. The van der Waals surface area contributed by atoms with Crippen molar-refractivity contribution in [2.45, 2.75) is 18.7 Å². The standard InChI is InChI=1S/C11H16N2O3S/c1-9-4-3-5-11(8-9)17(15,16)13(7-6-12)10(2)14/h3-5,8H,6-7,12H2,1-2H3. The summed E-state index contributed by atoms with van der Waals surface area (Å²) < 4.78 is 25.1. The van der Waals surface area contributed by atoms with E-state index < -0.39 is 15.9 Å². The van der Waals surface area contributed by atoms with Crippen LogP contribution in [0.5, 0.6) is 0 Å². The highest BCUT2D eigenvalue weighted by molar-refractivity contribution is 7.89. The molecule has 0 unspecified atom stereocenters. The molecule has 0 bridgehead atoms. The first-order valence-corrected chi connectivity index (χ1v) is 6.63. The molecule has 1 aromatic rings. The van der Waals surface area contributed by atoms with Crippen molar-refractivity contribution in [3.63, 3.8) is 0 Å². The summed E-state index contributed by atoms with van der Waals surface area (Å²) in [7, 11) is -3.78. The summed E-state index contributed by atoms with van der Waals surface area (Å²) in [4.78, 5) is 11.4. The number of carbonyl (C=O) groups excluding carboxylic acids is 1. The van der Waals surface area contributed by atoms with E-state index in [0.717, 1.165) is 9.87 Å². The summed E-state index contributed by atoms with van der Waals surface area (Å²) in [6, 6.07) is 6.43. The van der Waals surface area contributed by atoms with E-state index >= 15 is 0 Å². The van der Waals surface area contributed by atoms with Gasteiger partial charge in [0.15, 0.2) is 0 Å². The molecule has 17 heavy (non-hydrogen) atoms. The molecule has 0 heterocycles. The number of rotatable bonds is 4. The molecule has 94 valence electrons. The van der Waals surface area contributed by atoms with Crippen LogP contribution in [0, 0.1) is 6.92 Å². The van der Waals surface area contributed by atoms with Gasteiger partial charge in [0, 0.05) is 20.0 Å². The molecule has 1 aromatic carbocycles. The van der Waals surface area contributed by atoms with Gasteiger partial charge in [0.2, 0.25) is 5.91 Å². The average molecular weight is 256 g/mol. The average Bonchev–Trinajstić information content (AvgIpc) is 2.25. The second-order valence-corrected chi connectivity index (χ2v) is 5.56. The molecule has 1 amide bonds. The number of carbonyl (C=O) groups is 1. The fourth-order valence-corrected chi connectivity index (χ4v) is 2.99. The highest BCUT2D eigenvalue weighted by Crippen LogP contribution is 2.16. The van der Waals surface area contributed by atoms with Gasteiger partial charge in [-0.2, -0.15) is 0 Å². The Morgan fingerprint density at radius 3 is 2.53 bits per heavy atom. The van der Waals surface area contributed by atoms with Gasteiger partial charge in [0.1, 0.15) is 0 Å². The largest absolute Gasteiger partial charge is 0.329 e. The fraction of sp³-hybridized carbons (Fsp3) is 0.364. The van der Waals surface area contributed by atoms with Crippen LogP contribution in [0.1, 0.15) is 12.5 Å². The number of aryl methyl sites for hydroxylation is 1. The van der Waals surface area contributed by atoms with Gasteiger partial charge in [0.25, 0.3) is 10.0 Å².